The molecule has 3 aromatic carbocycles. The van der Waals surface area contributed by atoms with Crippen molar-refractivity contribution in [3.05, 3.63) is 85.5 Å². The lowest BCUT2D eigenvalue weighted by atomic mass is 9.75. The molecule has 4 rings (SSSR count). The molecule has 4 nitrogen and oxygen atoms in total. The predicted octanol–water partition coefficient (Wildman–Crippen LogP) is 6.83. The molecule has 0 spiro atoms. The van der Waals surface area contributed by atoms with Crippen molar-refractivity contribution in [1.82, 2.24) is 0 Å². The van der Waals surface area contributed by atoms with Gasteiger partial charge in [0, 0.05) is 24.2 Å². The fourth-order valence-electron chi connectivity index (χ4n) is 5.36. The summed E-state index contributed by atoms with van der Waals surface area (Å²) in [6.45, 7) is 17.6. The Labute approximate surface area is 209 Å². The van der Waals surface area contributed by atoms with E-state index in [1.165, 1.54) is 38.9 Å². The smallest absolute Gasteiger partial charge is 0.135 e. The highest BCUT2D eigenvalue weighted by atomic mass is 16.5. The maximum atomic E-state index is 10.2. The lowest BCUT2D eigenvalue weighted by Crippen LogP contribution is -2.24. The second kappa shape index (κ2) is 9.67. The van der Waals surface area contributed by atoms with Gasteiger partial charge < -0.3 is 19.3 Å². The number of aliphatic hydroxyl groups is 1. The first kappa shape index (κ1) is 25.3. The van der Waals surface area contributed by atoms with E-state index < -0.39 is 6.10 Å². The van der Waals surface area contributed by atoms with Gasteiger partial charge in [-0.1, -0.05) is 29.8 Å². The summed E-state index contributed by atoms with van der Waals surface area (Å²) >= 11 is 0. The van der Waals surface area contributed by atoms with Crippen LogP contribution in [0.25, 0.3) is 0 Å². The Kier molecular flexibility index (Phi) is 6.99. The highest BCUT2D eigenvalue weighted by molar-refractivity contribution is 5.71. The molecule has 2 unspecified atom stereocenters. The molecule has 0 amide bonds. The lowest BCUT2D eigenvalue weighted by Gasteiger charge is -2.36. The van der Waals surface area contributed by atoms with E-state index in [9.17, 15) is 5.11 Å². The zero-order valence-corrected chi connectivity index (χ0v) is 22.6. The average Bonchev–Trinajstić information content (AvgIpc) is 2.84. The molecule has 1 heterocycles. The summed E-state index contributed by atoms with van der Waals surface area (Å²) in [5.41, 5.74) is 13.1. The first-order valence-electron chi connectivity index (χ1n) is 12.4. The van der Waals surface area contributed by atoms with E-state index in [4.69, 9.17) is 14.2 Å². The molecule has 1 aliphatic rings. The fourth-order valence-corrected chi connectivity index (χ4v) is 5.36. The van der Waals surface area contributed by atoms with Crippen molar-refractivity contribution in [2.24, 2.45) is 0 Å². The Balaban J connectivity index is 2.00. The molecule has 1 aliphatic heterocycles. The van der Waals surface area contributed by atoms with Crippen molar-refractivity contribution >= 4 is 0 Å². The third-order valence-corrected chi connectivity index (χ3v) is 7.88. The van der Waals surface area contributed by atoms with Gasteiger partial charge in [-0.15, -0.1) is 0 Å². The maximum absolute atomic E-state index is 10.2. The van der Waals surface area contributed by atoms with Crippen molar-refractivity contribution in [2.75, 3.05) is 20.3 Å². The summed E-state index contributed by atoms with van der Waals surface area (Å²) in [5.74, 6) is 2.75. The number of methoxy groups -OCH3 is 1. The summed E-state index contributed by atoms with van der Waals surface area (Å²) in [5, 5.41) is 10.2. The van der Waals surface area contributed by atoms with Crippen molar-refractivity contribution < 1.29 is 19.3 Å². The predicted molar refractivity (Wildman–Crippen MR) is 142 cm³/mol. The van der Waals surface area contributed by atoms with Crippen LogP contribution in [0.3, 0.4) is 0 Å². The molecule has 0 saturated carbocycles. The van der Waals surface area contributed by atoms with Crippen molar-refractivity contribution in [3.63, 3.8) is 0 Å². The van der Waals surface area contributed by atoms with Gasteiger partial charge in [-0.25, -0.2) is 0 Å². The number of hydrogen-bond donors (Lipinski definition) is 1. The van der Waals surface area contributed by atoms with Gasteiger partial charge in [0.1, 0.15) is 30.0 Å². The molecular formula is C31H38O4. The molecule has 3 aromatic rings. The van der Waals surface area contributed by atoms with E-state index in [0.717, 1.165) is 39.5 Å². The van der Waals surface area contributed by atoms with Gasteiger partial charge in [0.05, 0.1) is 6.61 Å². The Morgan fingerprint density at radius 1 is 0.714 bits per heavy atom. The number of hydrogen-bond acceptors (Lipinski definition) is 4. The third-order valence-electron chi connectivity index (χ3n) is 7.88. The highest BCUT2D eigenvalue weighted by Crippen LogP contribution is 2.55. The third kappa shape index (κ3) is 4.23. The molecule has 0 saturated heterocycles. The second-order valence-electron chi connectivity index (χ2n) is 10.1. The first-order chi connectivity index (χ1) is 16.6. The zero-order chi connectivity index (χ0) is 25.6. The van der Waals surface area contributed by atoms with Crippen LogP contribution in [-0.2, 0) is 4.74 Å². The van der Waals surface area contributed by atoms with Crippen LogP contribution in [0.4, 0.5) is 0 Å². The molecule has 4 heteroatoms. The molecule has 35 heavy (non-hydrogen) atoms. The van der Waals surface area contributed by atoms with Crippen molar-refractivity contribution in [2.45, 2.75) is 67.4 Å². The Bertz CT molecular complexity index is 1270. The number of aryl methyl sites for hydroxylation is 1. The minimum atomic E-state index is -0.685. The Hall–Kier alpha value is -2.82. The van der Waals surface area contributed by atoms with Gasteiger partial charge in [0.25, 0.3) is 0 Å². The van der Waals surface area contributed by atoms with Crippen LogP contribution in [0.2, 0.25) is 0 Å². The van der Waals surface area contributed by atoms with E-state index in [2.05, 4.69) is 79.7 Å². The van der Waals surface area contributed by atoms with Crippen LogP contribution in [0.15, 0.2) is 24.3 Å². The normalized spacial score (nSPS) is 15.3. The number of aliphatic hydroxyl groups excluding tert-OH is 1. The van der Waals surface area contributed by atoms with Crippen LogP contribution in [0.5, 0.6) is 17.2 Å². The number of benzene rings is 3. The summed E-state index contributed by atoms with van der Waals surface area (Å²) in [6, 6.07) is 8.84. The lowest BCUT2D eigenvalue weighted by molar-refractivity contribution is 0.0321. The summed E-state index contributed by atoms with van der Waals surface area (Å²) in [7, 11) is 1.58. The molecular weight excluding hydrogens is 436 g/mol. The van der Waals surface area contributed by atoms with Crippen LogP contribution < -0.4 is 9.47 Å². The second-order valence-corrected chi connectivity index (χ2v) is 10.1. The summed E-state index contributed by atoms with van der Waals surface area (Å²) < 4.78 is 18.1. The van der Waals surface area contributed by atoms with Crippen molar-refractivity contribution in [1.29, 1.82) is 0 Å². The van der Waals surface area contributed by atoms with Crippen LogP contribution in [0, 0.1) is 55.4 Å². The minimum absolute atomic E-state index is 0.0258. The van der Waals surface area contributed by atoms with E-state index in [1.807, 2.05) is 0 Å². The zero-order valence-electron chi connectivity index (χ0n) is 22.6. The molecule has 2 atom stereocenters. The van der Waals surface area contributed by atoms with Gasteiger partial charge in [-0.2, -0.15) is 0 Å². The highest BCUT2D eigenvalue weighted by Gasteiger charge is 2.36. The monoisotopic (exact) mass is 474 g/mol. The minimum Gasteiger partial charge on any atom is -0.490 e. The van der Waals surface area contributed by atoms with E-state index in [1.54, 1.807) is 7.11 Å². The topological polar surface area (TPSA) is 47.9 Å². The molecule has 0 aliphatic carbocycles. The van der Waals surface area contributed by atoms with E-state index >= 15 is 0 Å². The molecule has 0 radical (unpaired) electrons. The summed E-state index contributed by atoms with van der Waals surface area (Å²) in [4.78, 5) is 0. The first-order valence-corrected chi connectivity index (χ1v) is 12.4. The SMILES string of the molecule is COCC(O)COc1c(C)c(C)c2c(c1C)C(c1ccc(C)cc1)c1c(C)c(C)c(C)c(C)c1O2. The maximum Gasteiger partial charge on any atom is 0.135 e. The summed E-state index contributed by atoms with van der Waals surface area (Å²) in [6.07, 6.45) is -0.685. The van der Waals surface area contributed by atoms with Gasteiger partial charge in [-0.05, 0) is 99.9 Å². The molecule has 0 fully saturated rings. The van der Waals surface area contributed by atoms with E-state index in [0.29, 0.717) is 0 Å². The molecule has 1 N–H and O–H groups in total. The molecule has 186 valence electrons. The van der Waals surface area contributed by atoms with Crippen LogP contribution in [-0.4, -0.2) is 31.5 Å². The number of rotatable bonds is 6. The standard InChI is InChI=1S/C31H38O4/c1-16-10-12-24(13-11-16)28-26-19(4)17(2)18(3)20(5)30(26)35-31-22(7)21(6)29(23(8)27(28)31)34-15-25(32)14-33-9/h10-13,25,28,32H,14-15H2,1-9H3. The molecule has 0 aromatic heterocycles. The number of ether oxygens (including phenoxy) is 3. The van der Waals surface area contributed by atoms with Crippen LogP contribution >= 0.6 is 0 Å². The van der Waals surface area contributed by atoms with Gasteiger partial charge in [0.2, 0.25) is 0 Å². The Morgan fingerprint density at radius 2 is 1.26 bits per heavy atom. The molecule has 0 bridgehead atoms. The van der Waals surface area contributed by atoms with Gasteiger partial charge in [0.15, 0.2) is 0 Å². The van der Waals surface area contributed by atoms with Gasteiger partial charge >= 0.3 is 0 Å². The van der Waals surface area contributed by atoms with Gasteiger partial charge in [-0.3, -0.25) is 0 Å². The number of fused-ring (bicyclic) bond motifs is 2. The fraction of sp³-hybridized carbons (Fsp3) is 0.419. The van der Waals surface area contributed by atoms with E-state index in [-0.39, 0.29) is 19.1 Å². The largest absolute Gasteiger partial charge is 0.490 e. The van der Waals surface area contributed by atoms with Crippen LogP contribution in [0.1, 0.15) is 67.1 Å². The average molecular weight is 475 g/mol. The quantitative estimate of drug-likeness (QED) is 0.333. The Morgan fingerprint density at radius 3 is 1.86 bits per heavy atom. The van der Waals surface area contributed by atoms with Crippen molar-refractivity contribution in [3.8, 4) is 17.2 Å².